The van der Waals surface area contributed by atoms with E-state index in [1.165, 1.54) is 11.9 Å². The number of hydrogen-bond donors (Lipinski definition) is 1. The molecular formula is C16H23N3O4. The molecule has 7 heteroatoms. The van der Waals surface area contributed by atoms with Crippen LogP contribution in [0.1, 0.15) is 27.2 Å². The molecule has 1 rings (SSSR count). The molecular weight excluding hydrogens is 298 g/mol. The maximum Gasteiger partial charge on any atom is 0.410 e. The third-order valence-electron chi connectivity index (χ3n) is 2.85. The minimum Gasteiger partial charge on any atom is -0.444 e. The second-order valence-electron chi connectivity index (χ2n) is 6.05. The number of urea groups is 1. The molecule has 0 aliphatic heterocycles. The number of imide groups is 1. The average Bonchev–Trinajstić information content (AvgIpc) is 2.43. The van der Waals surface area contributed by atoms with Crippen molar-refractivity contribution in [2.45, 2.75) is 32.8 Å². The van der Waals surface area contributed by atoms with Crippen LogP contribution < -0.4 is 10.6 Å². The van der Waals surface area contributed by atoms with Gasteiger partial charge < -0.3 is 15.4 Å². The zero-order chi connectivity index (χ0) is 17.6. The number of carbonyl (C=O) groups is 3. The normalized spacial score (nSPS) is 10.8. The second-order valence-corrected chi connectivity index (χ2v) is 6.05. The zero-order valence-corrected chi connectivity index (χ0v) is 13.9. The Morgan fingerprint density at radius 1 is 1.13 bits per heavy atom. The molecule has 0 heterocycles. The molecule has 1 aromatic carbocycles. The summed E-state index contributed by atoms with van der Waals surface area (Å²) in [6.07, 6.45) is -0.580. The van der Waals surface area contributed by atoms with Crippen molar-refractivity contribution in [3.8, 4) is 0 Å². The first kappa shape index (κ1) is 18.5. The highest BCUT2D eigenvalue weighted by atomic mass is 16.6. The number of ether oxygens (including phenoxy) is 1. The monoisotopic (exact) mass is 321 g/mol. The third-order valence-corrected chi connectivity index (χ3v) is 2.85. The molecule has 0 bridgehead atoms. The van der Waals surface area contributed by atoms with Crippen LogP contribution in [-0.4, -0.2) is 42.1 Å². The summed E-state index contributed by atoms with van der Waals surface area (Å²) in [5.74, 6) is -0.487. The van der Waals surface area contributed by atoms with Crippen LogP contribution in [-0.2, 0) is 9.53 Å². The van der Waals surface area contributed by atoms with Gasteiger partial charge in [0, 0.05) is 20.0 Å². The van der Waals surface area contributed by atoms with Gasteiger partial charge in [0.05, 0.1) is 5.69 Å². The lowest BCUT2D eigenvalue weighted by molar-refractivity contribution is -0.118. The van der Waals surface area contributed by atoms with Gasteiger partial charge in [-0.15, -0.1) is 0 Å². The van der Waals surface area contributed by atoms with Gasteiger partial charge in [-0.05, 0) is 32.9 Å². The van der Waals surface area contributed by atoms with Crippen molar-refractivity contribution < 1.29 is 19.1 Å². The Hall–Kier alpha value is -2.57. The summed E-state index contributed by atoms with van der Waals surface area (Å²) in [7, 11) is 1.53. The van der Waals surface area contributed by atoms with E-state index in [1.54, 1.807) is 51.1 Å². The average molecular weight is 321 g/mol. The molecule has 7 nitrogen and oxygen atoms in total. The number of benzene rings is 1. The molecule has 4 amide bonds. The fourth-order valence-electron chi connectivity index (χ4n) is 1.78. The number of anilines is 1. The Bertz CT molecular complexity index is 566. The summed E-state index contributed by atoms with van der Waals surface area (Å²) in [5.41, 5.74) is 5.06. The van der Waals surface area contributed by atoms with Gasteiger partial charge in [-0.1, -0.05) is 18.2 Å². The van der Waals surface area contributed by atoms with Gasteiger partial charge in [0.25, 0.3) is 0 Å². The number of nitrogens with zero attached hydrogens (tertiary/aromatic N) is 2. The van der Waals surface area contributed by atoms with E-state index in [0.29, 0.717) is 5.69 Å². The van der Waals surface area contributed by atoms with Crippen LogP contribution in [0.3, 0.4) is 0 Å². The summed E-state index contributed by atoms with van der Waals surface area (Å²) in [5, 5.41) is 0. The largest absolute Gasteiger partial charge is 0.444 e. The SMILES string of the molecule is CN(CCC(=O)N(C(N)=O)c1ccccc1)C(=O)OC(C)(C)C. The van der Waals surface area contributed by atoms with E-state index >= 15 is 0 Å². The third kappa shape index (κ3) is 5.98. The van der Waals surface area contributed by atoms with Crippen molar-refractivity contribution in [2.24, 2.45) is 5.73 Å². The van der Waals surface area contributed by atoms with E-state index < -0.39 is 23.6 Å². The van der Waals surface area contributed by atoms with E-state index in [4.69, 9.17) is 10.5 Å². The van der Waals surface area contributed by atoms with Crippen LogP contribution in [0.2, 0.25) is 0 Å². The fraction of sp³-hybridized carbons (Fsp3) is 0.438. The number of para-hydroxylation sites is 1. The van der Waals surface area contributed by atoms with Gasteiger partial charge in [-0.2, -0.15) is 0 Å². The quantitative estimate of drug-likeness (QED) is 0.921. The smallest absolute Gasteiger partial charge is 0.410 e. The predicted molar refractivity (Wildman–Crippen MR) is 87.0 cm³/mol. The molecule has 0 aliphatic carbocycles. The summed E-state index contributed by atoms with van der Waals surface area (Å²) < 4.78 is 5.19. The fourth-order valence-corrected chi connectivity index (χ4v) is 1.78. The van der Waals surface area contributed by atoms with Crippen molar-refractivity contribution in [1.29, 1.82) is 0 Å². The first-order valence-electron chi connectivity index (χ1n) is 7.23. The Kier molecular flexibility index (Phi) is 6.12. The van der Waals surface area contributed by atoms with Crippen LogP contribution in [0.5, 0.6) is 0 Å². The van der Waals surface area contributed by atoms with Gasteiger partial charge in [-0.25, -0.2) is 14.5 Å². The van der Waals surface area contributed by atoms with Crippen molar-refractivity contribution in [3.63, 3.8) is 0 Å². The number of amides is 4. The summed E-state index contributed by atoms with van der Waals surface area (Å²) in [6, 6.07) is 7.53. The maximum atomic E-state index is 12.2. The lowest BCUT2D eigenvalue weighted by atomic mass is 10.2. The molecule has 0 unspecified atom stereocenters. The van der Waals surface area contributed by atoms with E-state index in [9.17, 15) is 14.4 Å². The van der Waals surface area contributed by atoms with Gasteiger partial charge in [0.1, 0.15) is 5.60 Å². The topological polar surface area (TPSA) is 92.9 Å². The van der Waals surface area contributed by atoms with Crippen LogP contribution in [0.25, 0.3) is 0 Å². The van der Waals surface area contributed by atoms with Crippen LogP contribution >= 0.6 is 0 Å². The van der Waals surface area contributed by atoms with Gasteiger partial charge in [0.15, 0.2) is 0 Å². The molecule has 0 aliphatic rings. The van der Waals surface area contributed by atoms with Crippen molar-refractivity contribution in [1.82, 2.24) is 4.90 Å². The minimum absolute atomic E-state index is 0.0480. The molecule has 0 atom stereocenters. The number of carbonyl (C=O) groups excluding carboxylic acids is 3. The number of hydrogen-bond acceptors (Lipinski definition) is 4. The molecule has 0 fully saturated rings. The van der Waals surface area contributed by atoms with Crippen molar-refractivity contribution >= 4 is 23.7 Å². The summed E-state index contributed by atoms with van der Waals surface area (Å²) in [4.78, 5) is 37.8. The van der Waals surface area contributed by atoms with Gasteiger partial charge in [-0.3, -0.25) is 4.79 Å². The maximum absolute atomic E-state index is 12.2. The Morgan fingerprint density at radius 2 is 1.70 bits per heavy atom. The Morgan fingerprint density at radius 3 is 2.17 bits per heavy atom. The lowest BCUT2D eigenvalue weighted by Crippen LogP contribution is -2.43. The molecule has 126 valence electrons. The van der Waals surface area contributed by atoms with Gasteiger partial charge in [0.2, 0.25) is 5.91 Å². The van der Waals surface area contributed by atoms with Crippen LogP contribution in [0.4, 0.5) is 15.3 Å². The number of nitrogens with two attached hydrogens (primary N) is 1. The molecule has 0 saturated heterocycles. The molecule has 1 aromatic rings. The van der Waals surface area contributed by atoms with E-state index in [2.05, 4.69) is 0 Å². The minimum atomic E-state index is -0.860. The highest BCUT2D eigenvalue weighted by Crippen LogP contribution is 2.15. The van der Waals surface area contributed by atoms with E-state index in [0.717, 1.165) is 4.90 Å². The zero-order valence-electron chi connectivity index (χ0n) is 13.9. The van der Waals surface area contributed by atoms with Crippen molar-refractivity contribution in [3.05, 3.63) is 30.3 Å². The van der Waals surface area contributed by atoms with Crippen molar-refractivity contribution in [2.75, 3.05) is 18.5 Å². The first-order valence-corrected chi connectivity index (χ1v) is 7.23. The molecule has 0 radical (unpaired) electrons. The molecule has 0 aromatic heterocycles. The number of primary amides is 1. The Balaban J connectivity index is 2.67. The summed E-state index contributed by atoms with van der Waals surface area (Å²) >= 11 is 0. The Labute approximate surface area is 136 Å². The highest BCUT2D eigenvalue weighted by Gasteiger charge is 2.23. The summed E-state index contributed by atoms with van der Waals surface area (Å²) in [6.45, 7) is 5.39. The van der Waals surface area contributed by atoms with E-state index in [-0.39, 0.29) is 13.0 Å². The lowest BCUT2D eigenvalue weighted by Gasteiger charge is -2.25. The van der Waals surface area contributed by atoms with Gasteiger partial charge >= 0.3 is 12.1 Å². The number of rotatable bonds is 4. The standard InChI is InChI=1S/C16H23N3O4/c1-16(2,3)23-15(22)18(4)11-10-13(20)19(14(17)21)12-8-6-5-7-9-12/h5-9H,10-11H2,1-4H3,(H2,17,21). The second kappa shape index (κ2) is 7.62. The predicted octanol–water partition coefficient (Wildman–Crippen LogP) is 2.36. The first-order chi connectivity index (χ1) is 10.6. The van der Waals surface area contributed by atoms with Crippen LogP contribution in [0.15, 0.2) is 30.3 Å². The van der Waals surface area contributed by atoms with Crippen LogP contribution in [0, 0.1) is 0 Å². The highest BCUT2D eigenvalue weighted by molar-refractivity contribution is 6.13. The molecule has 2 N–H and O–H groups in total. The van der Waals surface area contributed by atoms with E-state index in [1.807, 2.05) is 0 Å². The molecule has 0 saturated carbocycles. The molecule has 0 spiro atoms. The molecule has 23 heavy (non-hydrogen) atoms.